The topological polar surface area (TPSA) is 16.8 Å². The van der Waals surface area contributed by atoms with Gasteiger partial charge in [-0.2, -0.15) is 0 Å². The fourth-order valence-electron chi connectivity index (χ4n) is 6.02. The Morgan fingerprint density at radius 2 is 1.57 bits per heavy atom. The molecule has 0 amide bonds. The molecule has 0 bridgehead atoms. The number of pyridine rings is 1. The van der Waals surface area contributed by atoms with Gasteiger partial charge in [0.2, 0.25) is 0 Å². The molecule has 0 unspecified atom stereocenters. The molecule has 3 aromatic carbocycles. The van der Waals surface area contributed by atoms with Crippen molar-refractivity contribution in [1.29, 1.82) is 0 Å². The van der Waals surface area contributed by atoms with Crippen LogP contribution >= 0.6 is 11.3 Å². The van der Waals surface area contributed by atoms with Gasteiger partial charge in [-0.3, -0.25) is 0 Å². The summed E-state index contributed by atoms with van der Waals surface area (Å²) in [7, 11) is 2.20. The number of hydrogen-bond donors (Lipinski definition) is 0. The Hall–Kier alpha value is -2.51. The first kappa shape index (κ1) is 27.6. The first-order valence-electron chi connectivity index (χ1n) is 14.2. The minimum absolute atomic E-state index is 0.0525. The maximum absolute atomic E-state index is 5.32. The van der Waals surface area contributed by atoms with E-state index in [4.69, 9.17) is 4.98 Å². The SMILES string of the molecule is Cc1c(-c2nc3cc[n+](C)c(-c4cc(C(C)(C)C)c5ccccc5c4C)c3[te]2)sc2ccc(CC(C)(C)C)cc12. The van der Waals surface area contributed by atoms with Gasteiger partial charge in [0, 0.05) is 0 Å². The van der Waals surface area contributed by atoms with E-state index in [9.17, 15) is 0 Å². The molecule has 40 heavy (non-hydrogen) atoms. The molecule has 6 aromatic rings. The van der Waals surface area contributed by atoms with E-state index in [-0.39, 0.29) is 10.8 Å². The van der Waals surface area contributed by atoms with Gasteiger partial charge in [0.05, 0.1) is 0 Å². The summed E-state index contributed by atoms with van der Waals surface area (Å²) in [5.74, 6) is 0. The molecule has 0 atom stereocenters. The first-order valence-corrected chi connectivity index (χ1v) is 17.3. The molecule has 6 rings (SSSR count). The van der Waals surface area contributed by atoms with E-state index >= 15 is 0 Å². The van der Waals surface area contributed by atoms with Crippen molar-refractivity contribution in [2.45, 2.75) is 67.2 Å². The number of rotatable bonds is 3. The number of fused-ring (bicyclic) bond motifs is 3. The molecular formula is C36H39N2STe+. The summed E-state index contributed by atoms with van der Waals surface area (Å²) in [6.45, 7) is 18.5. The van der Waals surface area contributed by atoms with Gasteiger partial charge in [0.1, 0.15) is 0 Å². The zero-order valence-corrected chi connectivity index (χ0v) is 28.3. The summed E-state index contributed by atoms with van der Waals surface area (Å²) in [5.41, 5.74) is 9.79. The second-order valence-corrected chi connectivity index (χ2v) is 17.4. The predicted molar refractivity (Wildman–Crippen MR) is 175 cm³/mol. The van der Waals surface area contributed by atoms with E-state index in [2.05, 4.69) is 128 Å². The van der Waals surface area contributed by atoms with Gasteiger partial charge >= 0.3 is 254 Å². The summed E-state index contributed by atoms with van der Waals surface area (Å²) in [5, 5.41) is 4.12. The van der Waals surface area contributed by atoms with Gasteiger partial charge in [-0.05, 0) is 0 Å². The van der Waals surface area contributed by atoms with Crippen LogP contribution in [0.4, 0.5) is 0 Å². The van der Waals surface area contributed by atoms with Crippen molar-refractivity contribution >= 4 is 61.5 Å². The summed E-state index contributed by atoms with van der Waals surface area (Å²) >= 11 is 1.27. The molecule has 0 radical (unpaired) electrons. The van der Waals surface area contributed by atoms with Crippen molar-refractivity contribution in [3.05, 3.63) is 83.0 Å². The van der Waals surface area contributed by atoms with Crippen molar-refractivity contribution < 1.29 is 4.57 Å². The second kappa shape index (κ2) is 9.80. The molecule has 3 heterocycles. The summed E-state index contributed by atoms with van der Waals surface area (Å²) in [6.07, 6.45) is 3.30. The van der Waals surface area contributed by atoms with Crippen LogP contribution in [-0.4, -0.2) is 25.4 Å². The van der Waals surface area contributed by atoms with Gasteiger partial charge < -0.3 is 0 Å². The molecule has 0 aliphatic carbocycles. The molecule has 0 spiro atoms. The molecule has 2 nitrogen and oxygen atoms in total. The normalized spacial score (nSPS) is 12.7. The fraction of sp³-hybridized carbons (Fsp3) is 0.333. The zero-order valence-electron chi connectivity index (χ0n) is 25.2. The molecule has 4 heteroatoms. The molecule has 0 aliphatic heterocycles. The quantitative estimate of drug-likeness (QED) is 0.137. The molecule has 0 aliphatic rings. The number of thiophene rings is 1. The summed E-state index contributed by atoms with van der Waals surface area (Å²) < 4.78 is 6.51. The minimum atomic E-state index is -0.662. The van der Waals surface area contributed by atoms with E-state index in [0.717, 1.165) is 6.42 Å². The van der Waals surface area contributed by atoms with Gasteiger partial charge in [0.15, 0.2) is 0 Å². The van der Waals surface area contributed by atoms with Crippen LogP contribution in [0.1, 0.15) is 63.8 Å². The average molecular weight is 659 g/mol. The molecule has 0 fully saturated rings. The Morgan fingerprint density at radius 3 is 2.27 bits per heavy atom. The van der Waals surface area contributed by atoms with Gasteiger partial charge in [0.25, 0.3) is 0 Å². The van der Waals surface area contributed by atoms with Crippen LogP contribution in [0.5, 0.6) is 0 Å². The summed E-state index contributed by atoms with van der Waals surface area (Å²) in [6, 6.07) is 20.7. The Kier molecular flexibility index (Phi) is 6.77. The number of aryl methyl sites for hydroxylation is 3. The number of benzene rings is 3. The van der Waals surface area contributed by atoms with Crippen molar-refractivity contribution in [2.24, 2.45) is 12.5 Å². The van der Waals surface area contributed by atoms with Crippen molar-refractivity contribution in [2.75, 3.05) is 0 Å². The van der Waals surface area contributed by atoms with Crippen LogP contribution < -0.4 is 4.57 Å². The molecule has 204 valence electrons. The van der Waals surface area contributed by atoms with Crippen LogP contribution in [-0.2, 0) is 18.9 Å². The van der Waals surface area contributed by atoms with Crippen LogP contribution in [0.15, 0.2) is 60.8 Å². The monoisotopic (exact) mass is 661 g/mol. The van der Waals surface area contributed by atoms with E-state index in [1.54, 1.807) is 0 Å². The van der Waals surface area contributed by atoms with Crippen molar-refractivity contribution in [3.8, 4) is 19.8 Å². The Bertz CT molecular complexity index is 1930. The number of nitrogens with zero attached hydrogens (tertiary/aromatic N) is 2. The maximum atomic E-state index is 5.32. The van der Waals surface area contributed by atoms with Gasteiger partial charge in [-0.25, -0.2) is 0 Å². The van der Waals surface area contributed by atoms with Crippen LogP contribution in [0.2, 0.25) is 0 Å². The second-order valence-electron chi connectivity index (χ2n) is 13.5. The van der Waals surface area contributed by atoms with E-state index in [1.807, 2.05) is 11.3 Å². The molecule has 0 N–H and O–H groups in total. The zero-order chi connectivity index (χ0) is 28.6. The molecule has 0 saturated heterocycles. The summed E-state index contributed by atoms with van der Waals surface area (Å²) in [4.78, 5) is 6.71. The van der Waals surface area contributed by atoms with Crippen molar-refractivity contribution in [3.63, 3.8) is 0 Å². The van der Waals surface area contributed by atoms with Crippen LogP contribution in [0.25, 0.3) is 49.6 Å². The molecule has 3 aromatic heterocycles. The molecular weight excluding hydrogens is 620 g/mol. The third-order valence-corrected chi connectivity index (χ3v) is 12.8. The van der Waals surface area contributed by atoms with E-state index < -0.39 is 20.4 Å². The molecule has 0 saturated carbocycles. The van der Waals surface area contributed by atoms with Crippen LogP contribution in [0, 0.1) is 19.3 Å². The van der Waals surface area contributed by atoms with Gasteiger partial charge in [-0.15, -0.1) is 0 Å². The van der Waals surface area contributed by atoms with Crippen molar-refractivity contribution in [1.82, 2.24) is 4.98 Å². The number of hydrogen-bond acceptors (Lipinski definition) is 2. The average Bonchev–Trinajstić information content (AvgIpc) is 3.44. The number of aromatic nitrogens is 2. The predicted octanol–water partition coefficient (Wildman–Crippen LogP) is 9.32. The fourth-order valence-corrected chi connectivity index (χ4v) is 11.0. The Labute approximate surface area is 252 Å². The Morgan fingerprint density at radius 1 is 0.850 bits per heavy atom. The van der Waals surface area contributed by atoms with Crippen LogP contribution in [0.3, 0.4) is 0 Å². The standard InChI is InChI=1S/C36H39N2STe/c1-21-24-12-10-11-13-25(24)28(36(6,7)8)19-27(21)31-33-29(16-17-38(31)9)37-34(40-33)32-22(2)26-18-23(20-35(3,4)5)14-15-30(26)39-32/h10-19H,20H2,1-9H3/q+1. The van der Waals surface area contributed by atoms with E-state index in [1.165, 1.54) is 71.9 Å². The first-order chi connectivity index (χ1) is 18.8. The third-order valence-electron chi connectivity index (χ3n) is 7.98. The van der Waals surface area contributed by atoms with Gasteiger partial charge in [-0.1, -0.05) is 0 Å². The third kappa shape index (κ3) is 4.83. The van der Waals surface area contributed by atoms with E-state index in [0.29, 0.717) is 0 Å². The Balaban J connectivity index is 1.56.